The summed E-state index contributed by atoms with van der Waals surface area (Å²) in [5.74, 6) is 1.94. The topological polar surface area (TPSA) is 37.8 Å². The fraction of sp³-hybridized carbons (Fsp3) is 0.556. The quantitative estimate of drug-likeness (QED) is 0.668. The van der Waals surface area contributed by atoms with Crippen molar-refractivity contribution in [1.29, 1.82) is 0 Å². The first-order valence-corrected chi connectivity index (χ1v) is 6.11. The highest BCUT2D eigenvalue weighted by molar-refractivity contribution is 14.1. The Balaban J connectivity index is 2.34. The van der Waals surface area contributed by atoms with E-state index in [2.05, 4.69) is 44.8 Å². The SMILES string of the molecule is CC(CCCl)CNc1ncc(I)cn1. The number of anilines is 1. The molecule has 1 aromatic rings. The lowest BCUT2D eigenvalue weighted by Gasteiger charge is -2.10. The molecule has 1 N–H and O–H groups in total. The minimum Gasteiger partial charge on any atom is -0.354 e. The van der Waals surface area contributed by atoms with Crippen molar-refractivity contribution >= 4 is 40.1 Å². The second kappa shape index (κ2) is 6.40. The van der Waals surface area contributed by atoms with Gasteiger partial charge in [0.15, 0.2) is 0 Å². The average molecular weight is 326 g/mol. The van der Waals surface area contributed by atoms with Gasteiger partial charge < -0.3 is 5.32 Å². The van der Waals surface area contributed by atoms with Crippen molar-refractivity contribution in [2.24, 2.45) is 5.92 Å². The summed E-state index contributed by atoms with van der Waals surface area (Å²) in [5.41, 5.74) is 0. The largest absolute Gasteiger partial charge is 0.354 e. The van der Waals surface area contributed by atoms with Crippen LogP contribution in [0.4, 0.5) is 5.95 Å². The van der Waals surface area contributed by atoms with E-state index in [-0.39, 0.29) is 0 Å². The molecule has 0 saturated carbocycles. The van der Waals surface area contributed by atoms with Crippen LogP contribution in [0.3, 0.4) is 0 Å². The van der Waals surface area contributed by atoms with E-state index in [0.717, 1.165) is 16.5 Å². The molecule has 1 heterocycles. The highest BCUT2D eigenvalue weighted by Crippen LogP contribution is 2.06. The Morgan fingerprint density at radius 1 is 1.50 bits per heavy atom. The fourth-order valence-corrected chi connectivity index (χ4v) is 1.61. The number of nitrogens with zero attached hydrogens (tertiary/aromatic N) is 2. The molecule has 1 atom stereocenters. The maximum atomic E-state index is 5.64. The van der Waals surface area contributed by atoms with Gasteiger partial charge in [0.05, 0.1) is 0 Å². The Labute approximate surface area is 103 Å². The minimum atomic E-state index is 0.551. The molecule has 0 fully saturated rings. The third kappa shape index (κ3) is 4.41. The van der Waals surface area contributed by atoms with Crippen molar-refractivity contribution in [1.82, 2.24) is 9.97 Å². The van der Waals surface area contributed by atoms with Gasteiger partial charge >= 0.3 is 0 Å². The molecule has 0 saturated heterocycles. The first-order chi connectivity index (χ1) is 6.72. The van der Waals surface area contributed by atoms with Crippen LogP contribution in [0.5, 0.6) is 0 Å². The number of hydrogen-bond donors (Lipinski definition) is 1. The van der Waals surface area contributed by atoms with Gasteiger partial charge in [-0.05, 0) is 34.9 Å². The molecule has 0 amide bonds. The van der Waals surface area contributed by atoms with E-state index in [4.69, 9.17) is 11.6 Å². The molecule has 1 aromatic heterocycles. The molecule has 3 nitrogen and oxygen atoms in total. The van der Waals surface area contributed by atoms with Gasteiger partial charge in [-0.3, -0.25) is 0 Å². The smallest absolute Gasteiger partial charge is 0.222 e. The maximum Gasteiger partial charge on any atom is 0.222 e. The Morgan fingerprint density at radius 3 is 2.71 bits per heavy atom. The van der Waals surface area contributed by atoms with Crippen molar-refractivity contribution in [3.05, 3.63) is 16.0 Å². The van der Waals surface area contributed by atoms with Gasteiger partial charge in [0, 0.05) is 28.4 Å². The lowest BCUT2D eigenvalue weighted by molar-refractivity contribution is 0.594. The molecule has 14 heavy (non-hydrogen) atoms. The highest BCUT2D eigenvalue weighted by atomic mass is 127. The first-order valence-electron chi connectivity index (χ1n) is 4.49. The molecule has 1 rings (SSSR count). The highest BCUT2D eigenvalue weighted by Gasteiger charge is 2.01. The van der Waals surface area contributed by atoms with Crippen molar-refractivity contribution in [3.63, 3.8) is 0 Å². The van der Waals surface area contributed by atoms with Crippen molar-refractivity contribution in [2.75, 3.05) is 17.7 Å². The van der Waals surface area contributed by atoms with Crippen LogP contribution in [0.15, 0.2) is 12.4 Å². The predicted octanol–water partition coefficient (Wildman–Crippen LogP) is 2.76. The molecule has 0 aliphatic carbocycles. The Morgan fingerprint density at radius 2 is 2.14 bits per heavy atom. The van der Waals surface area contributed by atoms with Gasteiger partial charge in [-0.1, -0.05) is 6.92 Å². The summed E-state index contributed by atoms with van der Waals surface area (Å²) in [6.07, 6.45) is 4.60. The Hall–Kier alpha value is -0.100. The van der Waals surface area contributed by atoms with E-state index in [1.165, 1.54) is 0 Å². The van der Waals surface area contributed by atoms with Crippen LogP contribution in [0.2, 0.25) is 0 Å². The average Bonchev–Trinajstić information content (AvgIpc) is 2.17. The van der Waals surface area contributed by atoms with Crippen LogP contribution in [-0.2, 0) is 0 Å². The number of alkyl halides is 1. The van der Waals surface area contributed by atoms with Crippen molar-refractivity contribution < 1.29 is 0 Å². The van der Waals surface area contributed by atoms with E-state index in [9.17, 15) is 0 Å². The molecule has 0 aromatic carbocycles. The molecular weight excluding hydrogens is 312 g/mol. The van der Waals surface area contributed by atoms with Gasteiger partial charge in [0.25, 0.3) is 0 Å². The Kier molecular flexibility index (Phi) is 5.47. The van der Waals surface area contributed by atoms with E-state index >= 15 is 0 Å². The predicted molar refractivity (Wildman–Crippen MR) is 67.7 cm³/mol. The summed E-state index contributed by atoms with van der Waals surface area (Å²) in [7, 11) is 0. The zero-order valence-electron chi connectivity index (χ0n) is 8.00. The molecular formula is C9H13ClIN3. The molecule has 0 aliphatic heterocycles. The third-order valence-corrected chi connectivity index (χ3v) is 2.61. The molecule has 5 heteroatoms. The standard InChI is InChI=1S/C9H13ClIN3/c1-7(2-3-10)4-12-9-13-5-8(11)6-14-9/h5-7H,2-4H2,1H3,(H,12,13,14). The van der Waals surface area contributed by atoms with E-state index < -0.39 is 0 Å². The zero-order valence-corrected chi connectivity index (χ0v) is 10.9. The van der Waals surface area contributed by atoms with Crippen LogP contribution in [0.1, 0.15) is 13.3 Å². The molecule has 0 aliphatic rings. The molecule has 0 spiro atoms. The van der Waals surface area contributed by atoms with Crippen LogP contribution < -0.4 is 5.32 Å². The summed E-state index contributed by atoms with van der Waals surface area (Å²) < 4.78 is 1.04. The maximum absolute atomic E-state index is 5.64. The van der Waals surface area contributed by atoms with Crippen molar-refractivity contribution in [3.8, 4) is 0 Å². The monoisotopic (exact) mass is 325 g/mol. The number of rotatable bonds is 5. The second-order valence-corrected chi connectivity index (χ2v) is 4.81. The number of halogens is 2. The van der Waals surface area contributed by atoms with E-state index in [0.29, 0.717) is 17.7 Å². The molecule has 1 unspecified atom stereocenters. The Bertz CT molecular complexity index is 265. The molecule has 0 radical (unpaired) electrons. The van der Waals surface area contributed by atoms with E-state index in [1.54, 1.807) is 12.4 Å². The lowest BCUT2D eigenvalue weighted by Crippen LogP contribution is -2.13. The normalized spacial score (nSPS) is 12.5. The fourth-order valence-electron chi connectivity index (χ4n) is 0.957. The van der Waals surface area contributed by atoms with Gasteiger partial charge in [0.1, 0.15) is 0 Å². The molecule has 78 valence electrons. The van der Waals surface area contributed by atoms with Gasteiger partial charge in [-0.15, -0.1) is 11.6 Å². The summed E-state index contributed by atoms with van der Waals surface area (Å²) in [4.78, 5) is 8.30. The summed E-state index contributed by atoms with van der Waals surface area (Å²) >= 11 is 7.82. The number of aromatic nitrogens is 2. The zero-order chi connectivity index (χ0) is 10.4. The van der Waals surface area contributed by atoms with Gasteiger partial charge in [-0.25, -0.2) is 9.97 Å². The van der Waals surface area contributed by atoms with E-state index in [1.807, 2.05) is 0 Å². The summed E-state index contributed by atoms with van der Waals surface area (Å²) in [5, 5.41) is 3.17. The van der Waals surface area contributed by atoms with Gasteiger partial charge in [-0.2, -0.15) is 0 Å². The third-order valence-electron chi connectivity index (χ3n) is 1.83. The number of nitrogens with one attached hydrogen (secondary N) is 1. The van der Waals surface area contributed by atoms with Crippen molar-refractivity contribution in [2.45, 2.75) is 13.3 Å². The lowest BCUT2D eigenvalue weighted by atomic mass is 10.1. The first kappa shape index (κ1) is 12.0. The van der Waals surface area contributed by atoms with Crippen LogP contribution in [0.25, 0.3) is 0 Å². The summed E-state index contributed by atoms with van der Waals surface area (Å²) in [6, 6.07) is 0. The van der Waals surface area contributed by atoms with Gasteiger partial charge in [0.2, 0.25) is 5.95 Å². The second-order valence-electron chi connectivity index (χ2n) is 3.19. The van der Waals surface area contributed by atoms with Crippen LogP contribution in [0, 0.1) is 9.49 Å². The molecule has 0 bridgehead atoms. The number of hydrogen-bond acceptors (Lipinski definition) is 3. The van der Waals surface area contributed by atoms with Crippen LogP contribution in [-0.4, -0.2) is 22.4 Å². The summed E-state index contributed by atoms with van der Waals surface area (Å²) in [6.45, 7) is 3.02. The minimum absolute atomic E-state index is 0.551. The van der Waals surface area contributed by atoms with Crippen LogP contribution >= 0.6 is 34.2 Å².